The molecule has 0 unspecified atom stereocenters. The van der Waals surface area contributed by atoms with E-state index in [0.29, 0.717) is 12.3 Å². The molecule has 0 saturated heterocycles. The monoisotopic (exact) mass is 320 g/mol. The van der Waals surface area contributed by atoms with Gasteiger partial charge < -0.3 is 10.2 Å². The van der Waals surface area contributed by atoms with Gasteiger partial charge in [-0.15, -0.1) is 6.58 Å². The molecule has 3 heteroatoms. The van der Waals surface area contributed by atoms with Gasteiger partial charge in [0.05, 0.1) is 11.0 Å². The highest BCUT2D eigenvalue weighted by atomic mass is 16.4. The summed E-state index contributed by atoms with van der Waals surface area (Å²) in [6.07, 6.45) is 9.02. The molecule has 0 aromatic carbocycles. The van der Waals surface area contributed by atoms with Crippen LogP contribution in [0.25, 0.3) is 0 Å². The van der Waals surface area contributed by atoms with Crippen LogP contribution in [0, 0.1) is 22.7 Å². The maximum absolute atomic E-state index is 11.9. The molecule has 130 valence electrons. The SMILES string of the molecule is C=C[C@@](C)(O)CC[C@@]1(C)C2=CCC[C@](C)(C(=O)O)[C@@H]2CC[C@@H]1C. The van der Waals surface area contributed by atoms with Gasteiger partial charge in [0.2, 0.25) is 0 Å². The van der Waals surface area contributed by atoms with Crippen molar-refractivity contribution in [3.8, 4) is 0 Å². The van der Waals surface area contributed by atoms with Crippen LogP contribution in [0.5, 0.6) is 0 Å². The number of carbonyl (C=O) groups is 1. The third kappa shape index (κ3) is 3.13. The number of rotatable bonds is 5. The van der Waals surface area contributed by atoms with Crippen LogP contribution in [-0.4, -0.2) is 21.8 Å². The summed E-state index contributed by atoms with van der Waals surface area (Å²) in [7, 11) is 0. The minimum atomic E-state index is -0.860. The quantitative estimate of drug-likeness (QED) is 0.730. The second-order valence-electron chi connectivity index (χ2n) is 8.43. The molecule has 0 aliphatic heterocycles. The Morgan fingerprint density at radius 1 is 1.48 bits per heavy atom. The Morgan fingerprint density at radius 3 is 2.70 bits per heavy atom. The summed E-state index contributed by atoms with van der Waals surface area (Å²) in [6.45, 7) is 12.0. The fraction of sp³-hybridized carbons (Fsp3) is 0.750. The molecule has 0 spiro atoms. The van der Waals surface area contributed by atoms with Gasteiger partial charge in [-0.2, -0.15) is 0 Å². The molecular weight excluding hydrogens is 288 g/mol. The van der Waals surface area contributed by atoms with Crippen molar-refractivity contribution in [3.63, 3.8) is 0 Å². The van der Waals surface area contributed by atoms with Crippen LogP contribution in [0.2, 0.25) is 0 Å². The minimum Gasteiger partial charge on any atom is -0.481 e. The molecule has 0 radical (unpaired) electrons. The lowest BCUT2D eigenvalue weighted by atomic mass is 9.51. The Morgan fingerprint density at radius 2 is 2.13 bits per heavy atom. The number of hydrogen-bond acceptors (Lipinski definition) is 2. The van der Waals surface area contributed by atoms with E-state index in [-0.39, 0.29) is 11.3 Å². The maximum atomic E-state index is 11.9. The van der Waals surface area contributed by atoms with E-state index in [2.05, 4.69) is 26.5 Å². The van der Waals surface area contributed by atoms with Gasteiger partial charge in [0.15, 0.2) is 0 Å². The molecule has 2 N–H and O–H groups in total. The van der Waals surface area contributed by atoms with Crippen LogP contribution >= 0.6 is 0 Å². The Bertz CT molecular complexity index is 519. The molecule has 0 aromatic heterocycles. The van der Waals surface area contributed by atoms with Gasteiger partial charge in [-0.05, 0) is 69.6 Å². The lowest BCUT2D eigenvalue weighted by Crippen LogP contribution is -2.47. The highest BCUT2D eigenvalue weighted by Gasteiger charge is 2.52. The van der Waals surface area contributed by atoms with Gasteiger partial charge in [-0.1, -0.05) is 31.6 Å². The standard InChI is InChI=1S/C20H32O3/c1-6-18(3,23)12-13-19(4)14(2)9-10-16-15(19)8-7-11-20(16,5)17(21)22/h6,8,14,16,23H,1,7,9-13H2,2-5H3,(H,21,22)/t14-,16+,18+,19+,20-/m0/s1. The Balaban J connectivity index is 2.33. The Labute approximate surface area is 140 Å². The van der Waals surface area contributed by atoms with Crippen molar-refractivity contribution in [1.82, 2.24) is 0 Å². The summed E-state index contributed by atoms with van der Waals surface area (Å²) in [6, 6.07) is 0. The second kappa shape index (κ2) is 6.08. The Kier molecular flexibility index (Phi) is 4.83. The molecule has 0 bridgehead atoms. The zero-order valence-electron chi connectivity index (χ0n) is 15.1. The number of aliphatic carboxylic acids is 1. The van der Waals surface area contributed by atoms with E-state index in [9.17, 15) is 15.0 Å². The van der Waals surface area contributed by atoms with Crippen molar-refractivity contribution in [2.45, 2.75) is 71.8 Å². The molecule has 0 aromatic rings. The lowest BCUT2D eigenvalue weighted by molar-refractivity contribution is -0.153. The van der Waals surface area contributed by atoms with Crippen molar-refractivity contribution in [1.29, 1.82) is 0 Å². The van der Waals surface area contributed by atoms with Crippen LogP contribution in [0.15, 0.2) is 24.3 Å². The van der Waals surface area contributed by atoms with Crippen molar-refractivity contribution >= 4 is 5.97 Å². The molecule has 1 saturated carbocycles. The summed E-state index contributed by atoms with van der Waals surface area (Å²) in [5.41, 5.74) is -0.215. The summed E-state index contributed by atoms with van der Waals surface area (Å²) < 4.78 is 0. The lowest BCUT2D eigenvalue weighted by Gasteiger charge is -2.53. The van der Waals surface area contributed by atoms with E-state index >= 15 is 0 Å². The fourth-order valence-electron chi connectivity index (χ4n) is 4.57. The van der Waals surface area contributed by atoms with Crippen LogP contribution in [-0.2, 0) is 4.79 Å². The first-order valence-corrected chi connectivity index (χ1v) is 8.87. The van der Waals surface area contributed by atoms with E-state index in [1.807, 2.05) is 6.92 Å². The van der Waals surface area contributed by atoms with Gasteiger partial charge in [0, 0.05) is 0 Å². The normalized spacial score (nSPS) is 39.8. The van der Waals surface area contributed by atoms with E-state index in [4.69, 9.17) is 0 Å². The molecule has 0 heterocycles. The molecular formula is C20H32O3. The molecule has 2 rings (SSSR count). The van der Waals surface area contributed by atoms with E-state index in [1.54, 1.807) is 13.0 Å². The third-order valence-electron chi connectivity index (χ3n) is 6.89. The zero-order valence-corrected chi connectivity index (χ0v) is 15.1. The number of hydrogen-bond donors (Lipinski definition) is 2. The largest absolute Gasteiger partial charge is 0.481 e. The average Bonchev–Trinajstić information content (AvgIpc) is 2.50. The highest BCUT2D eigenvalue weighted by Crippen LogP contribution is 2.58. The summed E-state index contributed by atoms with van der Waals surface area (Å²) >= 11 is 0. The molecule has 1 fully saturated rings. The first-order valence-electron chi connectivity index (χ1n) is 8.87. The molecule has 5 atom stereocenters. The third-order valence-corrected chi connectivity index (χ3v) is 6.89. The van der Waals surface area contributed by atoms with Crippen molar-refractivity contribution in [3.05, 3.63) is 24.3 Å². The highest BCUT2D eigenvalue weighted by molar-refractivity contribution is 5.75. The van der Waals surface area contributed by atoms with Crippen LogP contribution in [0.3, 0.4) is 0 Å². The first kappa shape index (κ1) is 18.3. The number of allylic oxidation sites excluding steroid dienone is 2. The number of aliphatic hydroxyl groups is 1. The van der Waals surface area contributed by atoms with Crippen LogP contribution in [0.4, 0.5) is 0 Å². The van der Waals surface area contributed by atoms with Gasteiger partial charge >= 0.3 is 5.97 Å². The average molecular weight is 320 g/mol. The number of carboxylic acid groups (broad SMARTS) is 1. The predicted molar refractivity (Wildman–Crippen MR) is 93.1 cm³/mol. The maximum Gasteiger partial charge on any atom is 0.309 e. The fourth-order valence-corrected chi connectivity index (χ4v) is 4.57. The van der Waals surface area contributed by atoms with Crippen molar-refractivity contribution < 1.29 is 15.0 Å². The Hall–Kier alpha value is -1.09. The zero-order chi connectivity index (χ0) is 17.5. The minimum absolute atomic E-state index is 0.0347. The summed E-state index contributed by atoms with van der Waals surface area (Å²) in [5, 5.41) is 20.1. The van der Waals surface area contributed by atoms with E-state index in [0.717, 1.165) is 32.1 Å². The van der Waals surface area contributed by atoms with E-state index < -0.39 is 17.0 Å². The van der Waals surface area contributed by atoms with Crippen molar-refractivity contribution in [2.75, 3.05) is 0 Å². The molecule has 3 nitrogen and oxygen atoms in total. The van der Waals surface area contributed by atoms with E-state index in [1.165, 1.54) is 5.57 Å². The van der Waals surface area contributed by atoms with Crippen molar-refractivity contribution in [2.24, 2.45) is 22.7 Å². The summed E-state index contributed by atoms with van der Waals surface area (Å²) in [5.74, 6) is -0.0338. The predicted octanol–water partition coefficient (Wildman–Crippen LogP) is 4.57. The van der Waals surface area contributed by atoms with Crippen LogP contribution < -0.4 is 0 Å². The molecule has 23 heavy (non-hydrogen) atoms. The molecule has 0 amide bonds. The summed E-state index contributed by atoms with van der Waals surface area (Å²) in [4.78, 5) is 11.9. The number of fused-ring (bicyclic) bond motifs is 1. The van der Waals surface area contributed by atoms with Crippen LogP contribution in [0.1, 0.15) is 66.2 Å². The smallest absolute Gasteiger partial charge is 0.309 e. The van der Waals surface area contributed by atoms with Gasteiger partial charge in [-0.25, -0.2) is 0 Å². The molecule has 2 aliphatic carbocycles. The van der Waals surface area contributed by atoms with Gasteiger partial charge in [0.1, 0.15) is 0 Å². The second-order valence-corrected chi connectivity index (χ2v) is 8.43. The van der Waals surface area contributed by atoms with Gasteiger partial charge in [-0.3, -0.25) is 4.79 Å². The van der Waals surface area contributed by atoms with Gasteiger partial charge in [0.25, 0.3) is 0 Å². The topological polar surface area (TPSA) is 57.5 Å². The molecule has 2 aliphatic rings. The number of carboxylic acids is 1. The first-order chi connectivity index (χ1) is 10.6.